The van der Waals surface area contributed by atoms with Crippen molar-refractivity contribution in [2.75, 3.05) is 13.1 Å². The van der Waals surface area contributed by atoms with E-state index >= 15 is 0 Å². The van der Waals surface area contributed by atoms with Crippen LogP contribution in [0.2, 0.25) is 0 Å². The number of halogens is 1. The van der Waals surface area contributed by atoms with Gasteiger partial charge in [-0.1, -0.05) is 12.1 Å². The summed E-state index contributed by atoms with van der Waals surface area (Å²) in [7, 11) is 0. The van der Waals surface area contributed by atoms with E-state index in [9.17, 15) is 10.2 Å². The van der Waals surface area contributed by atoms with Crippen LogP contribution in [0, 0.1) is 6.92 Å². The number of aromatic nitrogens is 1. The van der Waals surface area contributed by atoms with Gasteiger partial charge in [-0.3, -0.25) is 0 Å². The molecule has 1 unspecified atom stereocenters. The average molecular weight is 315 g/mol. The highest BCUT2D eigenvalue weighted by atomic mass is 35.5. The Hall–Kier alpha value is -1.14. The van der Waals surface area contributed by atoms with E-state index in [-0.39, 0.29) is 18.2 Å². The molecule has 2 aromatic rings. The summed E-state index contributed by atoms with van der Waals surface area (Å²) in [5, 5.41) is 25.2. The second kappa shape index (κ2) is 8.21. The molecule has 3 N–H and O–H groups in total. The van der Waals surface area contributed by atoms with E-state index < -0.39 is 6.10 Å². The maximum absolute atomic E-state index is 9.92. The zero-order valence-electron chi connectivity index (χ0n) is 11.2. The SMILES string of the molecule is Cc1nc(C(O)CNCCc2ccc(O)cc2)cs1.Cl. The molecule has 0 fully saturated rings. The Kier molecular flexibility index (Phi) is 6.95. The van der Waals surface area contributed by atoms with Crippen LogP contribution in [0.1, 0.15) is 22.4 Å². The van der Waals surface area contributed by atoms with Gasteiger partial charge >= 0.3 is 0 Å². The molecule has 20 heavy (non-hydrogen) atoms. The van der Waals surface area contributed by atoms with Crippen molar-refractivity contribution in [1.29, 1.82) is 0 Å². The summed E-state index contributed by atoms with van der Waals surface area (Å²) in [4.78, 5) is 4.26. The summed E-state index contributed by atoms with van der Waals surface area (Å²) in [6.45, 7) is 3.21. The Morgan fingerprint density at radius 1 is 1.30 bits per heavy atom. The quantitative estimate of drug-likeness (QED) is 0.717. The van der Waals surface area contributed by atoms with E-state index in [1.165, 1.54) is 0 Å². The van der Waals surface area contributed by atoms with Gasteiger partial charge in [-0.15, -0.1) is 23.7 Å². The number of thiazole rings is 1. The molecule has 1 aromatic carbocycles. The molecule has 0 bridgehead atoms. The van der Waals surface area contributed by atoms with Crippen molar-refractivity contribution >= 4 is 23.7 Å². The summed E-state index contributed by atoms with van der Waals surface area (Å²) in [6, 6.07) is 7.17. The molecule has 110 valence electrons. The van der Waals surface area contributed by atoms with E-state index in [1.807, 2.05) is 24.4 Å². The Balaban J connectivity index is 0.00000200. The average Bonchev–Trinajstić information content (AvgIpc) is 2.83. The molecule has 1 aromatic heterocycles. The largest absolute Gasteiger partial charge is 0.508 e. The number of phenols is 1. The zero-order valence-corrected chi connectivity index (χ0v) is 12.9. The fraction of sp³-hybridized carbons (Fsp3) is 0.357. The van der Waals surface area contributed by atoms with Gasteiger partial charge in [0.2, 0.25) is 0 Å². The van der Waals surface area contributed by atoms with Crippen molar-refractivity contribution in [2.45, 2.75) is 19.4 Å². The van der Waals surface area contributed by atoms with Crippen LogP contribution in [-0.2, 0) is 6.42 Å². The second-order valence-electron chi connectivity index (χ2n) is 4.43. The van der Waals surface area contributed by atoms with Gasteiger partial charge in [-0.25, -0.2) is 4.98 Å². The third kappa shape index (κ3) is 5.09. The van der Waals surface area contributed by atoms with Crippen LogP contribution in [0.3, 0.4) is 0 Å². The molecule has 1 heterocycles. The van der Waals surface area contributed by atoms with Crippen LogP contribution in [0.25, 0.3) is 0 Å². The van der Waals surface area contributed by atoms with Gasteiger partial charge in [0.15, 0.2) is 0 Å². The standard InChI is InChI=1S/C14H18N2O2S.ClH/c1-10-16-13(9-19-10)14(18)8-15-7-6-11-2-4-12(17)5-3-11;/h2-5,9,14-15,17-18H,6-8H2,1H3;1H. The molecular formula is C14H19ClN2O2S. The van der Waals surface area contributed by atoms with Crippen LogP contribution in [0.5, 0.6) is 5.75 Å². The Labute approximate surface area is 128 Å². The minimum absolute atomic E-state index is 0. The van der Waals surface area contributed by atoms with Crippen LogP contribution < -0.4 is 5.32 Å². The second-order valence-corrected chi connectivity index (χ2v) is 5.49. The smallest absolute Gasteiger partial charge is 0.115 e. The number of rotatable bonds is 6. The number of phenolic OH excluding ortho intramolecular Hbond substituents is 1. The van der Waals surface area contributed by atoms with Crippen LogP contribution in [0.15, 0.2) is 29.6 Å². The Morgan fingerprint density at radius 3 is 2.60 bits per heavy atom. The number of hydrogen-bond acceptors (Lipinski definition) is 5. The summed E-state index contributed by atoms with van der Waals surface area (Å²) >= 11 is 1.55. The highest BCUT2D eigenvalue weighted by Gasteiger charge is 2.09. The molecule has 1 atom stereocenters. The molecule has 0 aliphatic carbocycles. The molecule has 0 radical (unpaired) electrons. The minimum Gasteiger partial charge on any atom is -0.508 e. The first-order chi connectivity index (χ1) is 9.15. The lowest BCUT2D eigenvalue weighted by Gasteiger charge is -2.09. The third-order valence-corrected chi connectivity index (χ3v) is 3.63. The first-order valence-electron chi connectivity index (χ1n) is 6.24. The molecule has 4 nitrogen and oxygen atoms in total. The topological polar surface area (TPSA) is 65.4 Å². The molecule has 0 amide bonds. The summed E-state index contributed by atoms with van der Waals surface area (Å²) in [5.41, 5.74) is 1.89. The molecule has 2 rings (SSSR count). The predicted octanol–water partition coefficient (Wildman–Crippen LogP) is 2.44. The van der Waals surface area contributed by atoms with E-state index in [1.54, 1.807) is 23.5 Å². The summed E-state index contributed by atoms with van der Waals surface area (Å²) in [6.07, 6.45) is 0.313. The van der Waals surface area contributed by atoms with Gasteiger partial charge in [-0.2, -0.15) is 0 Å². The van der Waals surface area contributed by atoms with E-state index in [4.69, 9.17) is 0 Å². The van der Waals surface area contributed by atoms with Crippen LogP contribution in [0.4, 0.5) is 0 Å². The lowest BCUT2D eigenvalue weighted by molar-refractivity contribution is 0.171. The monoisotopic (exact) mass is 314 g/mol. The van der Waals surface area contributed by atoms with Gasteiger partial charge < -0.3 is 15.5 Å². The Bertz CT molecular complexity index is 516. The first kappa shape index (κ1) is 16.9. The number of aryl methyl sites for hydroxylation is 1. The molecule has 0 spiro atoms. The summed E-state index contributed by atoms with van der Waals surface area (Å²) < 4.78 is 0. The van der Waals surface area contributed by atoms with Crippen LogP contribution >= 0.6 is 23.7 Å². The fourth-order valence-electron chi connectivity index (χ4n) is 1.77. The van der Waals surface area contributed by atoms with Crippen molar-refractivity contribution < 1.29 is 10.2 Å². The number of aliphatic hydroxyl groups is 1. The molecule has 0 aliphatic heterocycles. The van der Waals surface area contributed by atoms with Crippen molar-refractivity contribution in [3.8, 4) is 5.75 Å². The lowest BCUT2D eigenvalue weighted by atomic mass is 10.1. The van der Waals surface area contributed by atoms with Crippen LogP contribution in [-0.4, -0.2) is 28.3 Å². The fourth-order valence-corrected chi connectivity index (χ4v) is 2.43. The van der Waals surface area contributed by atoms with E-state index in [2.05, 4.69) is 10.3 Å². The van der Waals surface area contributed by atoms with Gasteiger partial charge in [0.05, 0.1) is 10.7 Å². The number of aliphatic hydroxyl groups excluding tert-OH is 1. The number of benzene rings is 1. The molecule has 0 saturated heterocycles. The zero-order chi connectivity index (χ0) is 13.7. The maximum Gasteiger partial charge on any atom is 0.115 e. The van der Waals surface area contributed by atoms with Gasteiger partial charge in [0.25, 0.3) is 0 Å². The highest BCUT2D eigenvalue weighted by molar-refractivity contribution is 7.09. The molecule has 6 heteroatoms. The predicted molar refractivity (Wildman–Crippen MR) is 83.7 cm³/mol. The maximum atomic E-state index is 9.92. The highest BCUT2D eigenvalue weighted by Crippen LogP contribution is 2.15. The van der Waals surface area contributed by atoms with Crippen molar-refractivity contribution in [3.05, 3.63) is 45.9 Å². The van der Waals surface area contributed by atoms with E-state index in [0.29, 0.717) is 6.54 Å². The third-order valence-electron chi connectivity index (χ3n) is 2.84. The lowest BCUT2D eigenvalue weighted by Crippen LogP contribution is -2.23. The number of nitrogens with one attached hydrogen (secondary N) is 1. The van der Waals surface area contributed by atoms with Gasteiger partial charge in [-0.05, 0) is 37.6 Å². The molecule has 0 aliphatic rings. The molecular weight excluding hydrogens is 296 g/mol. The van der Waals surface area contributed by atoms with Crippen molar-refractivity contribution in [3.63, 3.8) is 0 Å². The van der Waals surface area contributed by atoms with Gasteiger partial charge in [0.1, 0.15) is 11.9 Å². The Morgan fingerprint density at radius 2 is 2.00 bits per heavy atom. The summed E-state index contributed by atoms with van der Waals surface area (Å²) in [5.74, 6) is 0.283. The van der Waals surface area contributed by atoms with Crippen molar-refractivity contribution in [1.82, 2.24) is 10.3 Å². The molecule has 0 saturated carbocycles. The first-order valence-corrected chi connectivity index (χ1v) is 7.12. The minimum atomic E-state index is -0.551. The number of aromatic hydroxyl groups is 1. The van der Waals surface area contributed by atoms with Crippen molar-refractivity contribution in [2.24, 2.45) is 0 Å². The van der Waals surface area contributed by atoms with E-state index in [0.717, 1.165) is 29.2 Å². The number of nitrogens with zero attached hydrogens (tertiary/aromatic N) is 1. The van der Waals surface area contributed by atoms with Gasteiger partial charge in [0, 0.05) is 11.9 Å². The normalized spacial score (nSPS) is 11.9. The number of hydrogen-bond donors (Lipinski definition) is 3.